The average molecular weight is 615 g/mol. The van der Waals surface area contributed by atoms with Crippen LogP contribution < -0.4 is 70.6 Å². The summed E-state index contributed by atoms with van der Waals surface area (Å²) in [5.41, 5.74) is 11.2. The molecule has 0 bridgehead atoms. The molecule has 3 rings (SSSR count). The van der Waals surface area contributed by atoms with Gasteiger partial charge in [-0.2, -0.15) is 16.8 Å². The molecule has 2 aromatic carbocycles. The zero-order valence-electron chi connectivity index (χ0n) is 21.4. The van der Waals surface area contributed by atoms with Gasteiger partial charge in [-0.1, -0.05) is 12.1 Å². The third-order valence-electron chi connectivity index (χ3n) is 5.30. The second-order valence-electron chi connectivity index (χ2n) is 7.90. The van der Waals surface area contributed by atoms with E-state index in [0.717, 1.165) is 24.3 Å². The van der Waals surface area contributed by atoms with E-state index in [-0.39, 0.29) is 105 Å². The summed E-state index contributed by atoms with van der Waals surface area (Å²) in [6, 6.07) is 6.91. The van der Waals surface area contributed by atoms with Crippen LogP contribution in [0.3, 0.4) is 0 Å². The van der Waals surface area contributed by atoms with Crippen LogP contribution in [-0.4, -0.2) is 51.2 Å². The number of allylic oxidation sites excluding steroid dienone is 5. The van der Waals surface area contributed by atoms with Crippen LogP contribution in [0.25, 0.3) is 5.57 Å². The molecule has 0 spiro atoms. The number of aliphatic imine (C=N–C) groups is 1. The summed E-state index contributed by atoms with van der Waals surface area (Å²) in [5.74, 6) is 0. The summed E-state index contributed by atoms with van der Waals surface area (Å²) in [6.45, 7) is 3.37. The first-order valence-corrected chi connectivity index (χ1v) is 14.6. The summed E-state index contributed by atoms with van der Waals surface area (Å²) in [6.07, 6.45) is 2.54. The summed E-state index contributed by atoms with van der Waals surface area (Å²) >= 11 is 0. The summed E-state index contributed by atoms with van der Waals surface area (Å²) in [7, 11) is -14.6. The van der Waals surface area contributed by atoms with Crippen molar-refractivity contribution >= 4 is 53.0 Å². The smallest absolute Gasteiger partial charge is 0.744 e. The number of nitrogens with two attached hydrogens (primary N) is 2. The van der Waals surface area contributed by atoms with E-state index in [2.05, 4.69) is 4.99 Å². The Balaban J connectivity index is 0.00000380. The minimum Gasteiger partial charge on any atom is -0.744 e. The van der Waals surface area contributed by atoms with Gasteiger partial charge in [0.2, 0.25) is 0 Å². The van der Waals surface area contributed by atoms with Crippen molar-refractivity contribution in [1.29, 1.82) is 0 Å². The second-order valence-corrected chi connectivity index (χ2v) is 12.0. The maximum atomic E-state index is 12.2. The van der Waals surface area contributed by atoms with E-state index < -0.39 is 45.1 Å². The van der Waals surface area contributed by atoms with Crippen molar-refractivity contribution in [1.82, 2.24) is 0 Å². The average Bonchev–Trinajstić information content (AvgIpc) is 2.75. The molecule has 198 valence electrons. The van der Waals surface area contributed by atoms with Gasteiger partial charge < -0.3 is 16.0 Å². The van der Waals surface area contributed by atoms with Crippen molar-refractivity contribution in [2.75, 3.05) is 18.0 Å². The largest absolute Gasteiger partial charge is 1.00 e. The maximum absolute atomic E-state index is 12.2. The molecule has 0 unspecified atom stereocenters. The molecule has 6 N–H and O–H groups in total. The van der Waals surface area contributed by atoms with Crippen LogP contribution in [0.5, 0.6) is 0 Å². The number of anilines is 2. The first-order valence-electron chi connectivity index (χ1n) is 10.3. The van der Waals surface area contributed by atoms with E-state index in [1.807, 2.05) is 0 Å². The first kappa shape index (κ1) is 35.7. The molecule has 0 amide bonds. The fourth-order valence-corrected chi connectivity index (χ4v) is 5.78. The van der Waals surface area contributed by atoms with Gasteiger partial charge in [-0.05, 0) is 78.1 Å². The molecule has 0 fully saturated rings. The van der Waals surface area contributed by atoms with Gasteiger partial charge in [0.05, 0.1) is 16.3 Å². The van der Waals surface area contributed by atoms with Crippen LogP contribution >= 0.6 is 0 Å². The molecule has 2 aromatic rings. The van der Waals surface area contributed by atoms with Gasteiger partial charge in [0.25, 0.3) is 20.2 Å². The molecule has 1 aliphatic carbocycles. The van der Waals surface area contributed by atoms with Gasteiger partial charge in [0.1, 0.15) is 19.9 Å². The number of rotatable bonds is 6. The van der Waals surface area contributed by atoms with E-state index in [4.69, 9.17) is 11.5 Å². The zero-order valence-corrected chi connectivity index (χ0v) is 27.9. The molecule has 17 heteroatoms. The van der Waals surface area contributed by atoms with E-state index in [9.17, 15) is 38.9 Å². The topological polar surface area (TPSA) is 230 Å². The molecule has 0 aliphatic heterocycles. The standard InChI is InChI=1S/C22H23N3O9S3.2Na/c1-3-25-22-12(2)8-15(11-20(22)37(32,33)34)21(13-4-6-16(23)18(9-13)35(26,27)28)14-5-7-17(24)19(10-14)36(29,30)31;;/h4-11H,3,23-24H2,1-2H3,(H,26,27,28)(H,29,30,31)(H,32,33,34);;/q;2*+1/p-1. The molecule has 0 saturated heterocycles. The summed E-state index contributed by atoms with van der Waals surface area (Å²) in [5, 5.41) is 0. The predicted molar refractivity (Wildman–Crippen MR) is 137 cm³/mol. The van der Waals surface area contributed by atoms with Gasteiger partial charge in [0, 0.05) is 12.2 Å². The Morgan fingerprint density at radius 3 is 1.77 bits per heavy atom. The van der Waals surface area contributed by atoms with Crippen molar-refractivity contribution in [2.45, 2.75) is 23.6 Å². The molecule has 0 radical (unpaired) electrons. The Morgan fingerprint density at radius 2 is 1.33 bits per heavy atom. The number of nitrogen functional groups attached to an aromatic ring is 2. The van der Waals surface area contributed by atoms with Gasteiger partial charge in [-0.25, -0.2) is 8.42 Å². The number of hydrogen-bond acceptors (Lipinski definition) is 10. The zero-order chi connectivity index (χ0) is 27.9. The van der Waals surface area contributed by atoms with Crippen LogP contribution in [-0.2, 0) is 30.4 Å². The molecule has 0 aromatic heterocycles. The molecular formula is C22H22N3Na2O9S3+. The minimum absolute atomic E-state index is 0. The number of benzene rings is 2. The predicted octanol–water partition coefficient (Wildman–Crippen LogP) is -4.00. The van der Waals surface area contributed by atoms with Crippen molar-refractivity contribution in [3.63, 3.8) is 0 Å². The second kappa shape index (κ2) is 13.1. The van der Waals surface area contributed by atoms with E-state index in [1.54, 1.807) is 6.92 Å². The molecule has 39 heavy (non-hydrogen) atoms. The Labute approximate surface area is 270 Å². The molecular weight excluding hydrogens is 592 g/mol. The maximum Gasteiger partial charge on any atom is 1.00 e. The SMILES string of the molecule is CCN=C1C(C)=CC(=C(c2ccc(N)c(S(=O)(=O)[O-])c2)c2ccc(N)c(S(=O)(=O)O)c2)C=C1S(=O)(=O)O.[Na+].[Na+]. The number of hydrogen-bond donors (Lipinski definition) is 4. The van der Waals surface area contributed by atoms with Crippen LogP contribution in [0.15, 0.2) is 79.4 Å². The van der Waals surface area contributed by atoms with E-state index >= 15 is 0 Å². The van der Waals surface area contributed by atoms with E-state index in [1.165, 1.54) is 31.2 Å². The third-order valence-corrected chi connectivity index (χ3v) is 7.97. The van der Waals surface area contributed by atoms with Gasteiger partial charge >= 0.3 is 59.1 Å². The molecule has 1 aliphatic rings. The van der Waals surface area contributed by atoms with E-state index in [0.29, 0.717) is 5.57 Å². The first-order chi connectivity index (χ1) is 16.9. The van der Waals surface area contributed by atoms with Crippen LogP contribution in [0, 0.1) is 0 Å². The normalized spacial score (nSPS) is 16.5. The Kier molecular flexibility index (Phi) is 12.0. The minimum atomic E-state index is -5.04. The van der Waals surface area contributed by atoms with Gasteiger partial charge in [-0.3, -0.25) is 14.1 Å². The van der Waals surface area contributed by atoms with Crippen LogP contribution in [0.1, 0.15) is 25.0 Å². The van der Waals surface area contributed by atoms with Crippen molar-refractivity contribution in [2.24, 2.45) is 4.99 Å². The molecule has 0 atom stereocenters. The fourth-order valence-electron chi connectivity index (χ4n) is 3.77. The third kappa shape index (κ3) is 8.12. The van der Waals surface area contributed by atoms with Crippen molar-refractivity contribution < 1.29 is 98.0 Å². The Hall–Kier alpha value is -1.34. The Bertz CT molecular complexity index is 1680. The molecule has 0 heterocycles. The summed E-state index contributed by atoms with van der Waals surface area (Å²) in [4.78, 5) is 2.13. The quantitative estimate of drug-likeness (QED) is 0.139. The Morgan fingerprint density at radius 1 is 0.846 bits per heavy atom. The fraction of sp³-hybridized carbons (Fsp3) is 0.136. The van der Waals surface area contributed by atoms with Crippen molar-refractivity contribution in [3.05, 3.63) is 75.7 Å². The number of nitrogens with zero attached hydrogens (tertiary/aromatic N) is 1. The van der Waals surface area contributed by atoms with Crippen LogP contribution in [0.4, 0.5) is 11.4 Å². The van der Waals surface area contributed by atoms with Crippen LogP contribution in [0.2, 0.25) is 0 Å². The van der Waals surface area contributed by atoms with Gasteiger partial charge in [-0.15, -0.1) is 0 Å². The van der Waals surface area contributed by atoms with Gasteiger partial charge in [0.15, 0.2) is 0 Å². The van der Waals surface area contributed by atoms with Crippen molar-refractivity contribution in [3.8, 4) is 0 Å². The monoisotopic (exact) mass is 614 g/mol. The molecule has 0 saturated carbocycles. The molecule has 12 nitrogen and oxygen atoms in total. The summed E-state index contributed by atoms with van der Waals surface area (Å²) < 4.78 is 103.